The van der Waals surface area contributed by atoms with Crippen molar-refractivity contribution < 1.29 is 52.7 Å². The minimum Gasteiger partial charge on any atom is -0.308 e. The molecular formula is C56H31F12N3. The molecule has 3 nitrogen and oxygen atoms in total. The number of halogens is 12. The Labute approximate surface area is 395 Å². The van der Waals surface area contributed by atoms with Gasteiger partial charge in [-0.1, -0.05) is 115 Å². The predicted molar refractivity (Wildman–Crippen MR) is 249 cm³/mol. The molecule has 0 saturated heterocycles. The van der Waals surface area contributed by atoms with Crippen molar-refractivity contribution in [2.75, 3.05) is 0 Å². The molecule has 10 rings (SSSR count). The Kier molecular flexibility index (Phi) is 11.4. The molecule has 0 atom stereocenters. The van der Waals surface area contributed by atoms with E-state index >= 15 is 0 Å². The Hall–Kier alpha value is -8.20. The van der Waals surface area contributed by atoms with Gasteiger partial charge in [0.2, 0.25) is 0 Å². The average Bonchev–Trinajstić information content (AvgIpc) is 3.68. The predicted octanol–water partition coefficient (Wildman–Crippen LogP) is 17.7. The lowest BCUT2D eigenvalue weighted by Gasteiger charge is -2.22. The molecule has 15 heteroatoms. The lowest BCUT2D eigenvalue weighted by molar-refractivity contribution is -0.143. The third kappa shape index (κ3) is 8.99. The molecule has 0 aliphatic heterocycles. The zero-order chi connectivity index (χ0) is 50.0. The second-order valence-electron chi connectivity index (χ2n) is 16.6. The van der Waals surface area contributed by atoms with E-state index in [0.29, 0.717) is 56.2 Å². The Bertz CT molecular complexity index is 3480. The van der Waals surface area contributed by atoms with Gasteiger partial charge in [-0.15, -0.1) is 0 Å². The zero-order valence-electron chi connectivity index (χ0n) is 36.3. The highest BCUT2D eigenvalue weighted by Crippen LogP contribution is 2.47. The van der Waals surface area contributed by atoms with Crippen LogP contribution in [0.2, 0.25) is 0 Å². The average molecular weight is 974 g/mol. The molecule has 2 heterocycles. The number of rotatable bonds is 7. The van der Waals surface area contributed by atoms with E-state index in [9.17, 15) is 52.7 Å². The number of hydrogen-bond acceptors (Lipinski definition) is 2. The highest BCUT2D eigenvalue weighted by atomic mass is 19.4. The summed E-state index contributed by atoms with van der Waals surface area (Å²) in [5, 5.41) is 0.796. The van der Waals surface area contributed by atoms with Gasteiger partial charge in [0, 0.05) is 38.6 Å². The van der Waals surface area contributed by atoms with Gasteiger partial charge in [-0.2, -0.15) is 52.7 Å². The molecule has 10 aromatic rings. The van der Waals surface area contributed by atoms with E-state index in [0.717, 1.165) is 35.9 Å². The second-order valence-corrected chi connectivity index (χ2v) is 16.6. The summed E-state index contributed by atoms with van der Waals surface area (Å²) in [5.74, 6) is 0.318. The number of aromatic nitrogens is 3. The first-order chi connectivity index (χ1) is 33.7. The molecule has 0 bridgehead atoms. The summed E-state index contributed by atoms with van der Waals surface area (Å²) < 4.78 is 171. The fraction of sp³-hybridized carbons (Fsp3) is 0.0714. The van der Waals surface area contributed by atoms with Crippen molar-refractivity contribution in [3.05, 3.63) is 210 Å². The number of para-hydroxylation sites is 1. The minimum absolute atomic E-state index is 0.0559. The number of benzene rings is 8. The maximum atomic E-state index is 14.6. The highest BCUT2D eigenvalue weighted by molar-refractivity contribution is 6.12. The first kappa shape index (κ1) is 46.5. The normalized spacial score (nSPS) is 12.5. The topological polar surface area (TPSA) is 30.7 Å². The van der Waals surface area contributed by atoms with Gasteiger partial charge in [0.25, 0.3) is 0 Å². The van der Waals surface area contributed by atoms with Gasteiger partial charge < -0.3 is 4.57 Å². The van der Waals surface area contributed by atoms with Gasteiger partial charge in [0.1, 0.15) is 0 Å². The van der Waals surface area contributed by atoms with Crippen LogP contribution in [0.15, 0.2) is 188 Å². The Morgan fingerprint density at radius 3 is 1.31 bits per heavy atom. The molecule has 0 saturated carbocycles. The first-order valence-corrected chi connectivity index (χ1v) is 21.6. The molecule has 0 aliphatic carbocycles. The van der Waals surface area contributed by atoms with Crippen molar-refractivity contribution in [3.63, 3.8) is 0 Å². The molecule has 0 fully saturated rings. The fourth-order valence-electron chi connectivity index (χ4n) is 8.80. The van der Waals surface area contributed by atoms with Crippen molar-refractivity contribution in [2.24, 2.45) is 0 Å². The molecule has 354 valence electrons. The van der Waals surface area contributed by atoms with Gasteiger partial charge in [-0.25, -0.2) is 9.97 Å². The molecule has 0 unspecified atom stereocenters. The fourth-order valence-corrected chi connectivity index (χ4v) is 8.80. The van der Waals surface area contributed by atoms with E-state index in [4.69, 9.17) is 9.97 Å². The van der Waals surface area contributed by atoms with Crippen molar-refractivity contribution >= 4 is 21.8 Å². The lowest BCUT2D eigenvalue weighted by atomic mass is 9.90. The molecular weight excluding hydrogens is 943 g/mol. The lowest BCUT2D eigenvalue weighted by Crippen LogP contribution is -2.12. The standard InChI is InChI=1S/C56H31F12N3/c57-53(58,59)38-20-15-32(16-21-38)43-28-37(48-31-47(34-9-3-1-4-10-34)69-52(70-48)35-11-5-2-6-12-35)29-44(33-17-22-39(23-18-33)54(60,61)62)51(43)71-49-14-8-7-13-42(49)45-27-36(19-26-50(45)71)41-25-24-40(55(63,64)65)30-46(41)56(66,67)68/h1-31H. The number of fused-ring (bicyclic) bond motifs is 3. The van der Waals surface area contributed by atoms with Gasteiger partial charge in [0.05, 0.1) is 50.4 Å². The highest BCUT2D eigenvalue weighted by Gasteiger charge is 2.39. The Morgan fingerprint density at radius 2 is 0.775 bits per heavy atom. The minimum atomic E-state index is -5.19. The van der Waals surface area contributed by atoms with Gasteiger partial charge in [0.15, 0.2) is 5.82 Å². The van der Waals surface area contributed by atoms with Crippen LogP contribution in [-0.2, 0) is 24.7 Å². The monoisotopic (exact) mass is 973 g/mol. The van der Waals surface area contributed by atoms with Crippen molar-refractivity contribution in [1.29, 1.82) is 0 Å². The molecule has 2 aromatic heterocycles. The summed E-state index contributed by atoms with van der Waals surface area (Å²) in [5.41, 5.74) is -0.844. The largest absolute Gasteiger partial charge is 0.417 e. The van der Waals surface area contributed by atoms with Crippen LogP contribution in [0.25, 0.3) is 94.8 Å². The van der Waals surface area contributed by atoms with E-state index < -0.39 is 52.5 Å². The smallest absolute Gasteiger partial charge is 0.308 e. The zero-order valence-corrected chi connectivity index (χ0v) is 36.3. The summed E-state index contributed by atoms with van der Waals surface area (Å²) in [4.78, 5) is 9.85. The van der Waals surface area contributed by atoms with Crippen LogP contribution in [0.5, 0.6) is 0 Å². The molecule has 0 radical (unpaired) electrons. The van der Waals surface area contributed by atoms with Gasteiger partial charge >= 0.3 is 24.7 Å². The summed E-state index contributed by atoms with van der Waals surface area (Å²) in [7, 11) is 0. The number of hydrogen-bond donors (Lipinski definition) is 0. The number of alkyl halides is 12. The van der Waals surface area contributed by atoms with Gasteiger partial charge in [-0.3, -0.25) is 0 Å². The Balaban J connectivity index is 1.30. The third-order valence-electron chi connectivity index (χ3n) is 12.1. The molecule has 0 aliphatic rings. The summed E-state index contributed by atoms with van der Waals surface area (Å²) in [6.07, 6.45) is -19.7. The van der Waals surface area contributed by atoms with Crippen LogP contribution in [0.1, 0.15) is 22.3 Å². The van der Waals surface area contributed by atoms with Crippen LogP contribution in [0, 0.1) is 0 Å². The first-order valence-electron chi connectivity index (χ1n) is 21.6. The molecule has 8 aromatic carbocycles. The third-order valence-corrected chi connectivity index (χ3v) is 12.1. The van der Waals surface area contributed by atoms with Crippen LogP contribution in [0.4, 0.5) is 52.7 Å². The van der Waals surface area contributed by atoms with Crippen LogP contribution < -0.4 is 0 Å². The summed E-state index contributed by atoms with van der Waals surface area (Å²) >= 11 is 0. The van der Waals surface area contributed by atoms with Gasteiger partial charge in [-0.05, 0) is 95.1 Å². The van der Waals surface area contributed by atoms with E-state index in [1.165, 1.54) is 42.5 Å². The van der Waals surface area contributed by atoms with Crippen LogP contribution >= 0.6 is 0 Å². The Morgan fingerprint density at radius 1 is 0.310 bits per heavy atom. The molecule has 0 amide bonds. The SMILES string of the molecule is FC(F)(F)c1ccc(-c2cc(-c3cc(-c4ccccc4)nc(-c4ccccc4)n3)cc(-c3ccc(C(F)(F)F)cc3)c2-n2c3ccccc3c3cc(-c4ccc(C(F)(F)F)cc4C(F)(F)F)ccc32)cc1. The summed E-state index contributed by atoms with van der Waals surface area (Å²) in [6.45, 7) is 0. The number of nitrogens with zero attached hydrogens (tertiary/aromatic N) is 3. The second kappa shape index (κ2) is 17.3. The maximum absolute atomic E-state index is 14.6. The van der Waals surface area contributed by atoms with E-state index in [1.54, 1.807) is 59.2 Å². The van der Waals surface area contributed by atoms with Crippen molar-refractivity contribution in [1.82, 2.24) is 14.5 Å². The molecule has 0 N–H and O–H groups in total. The van der Waals surface area contributed by atoms with Crippen LogP contribution in [0.3, 0.4) is 0 Å². The molecule has 71 heavy (non-hydrogen) atoms. The maximum Gasteiger partial charge on any atom is 0.417 e. The van der Waals surface area contributed by atoms with Crippen molar-refractivity contribution in [3.8, 4) is 73.0 Å². The quantitative estimate of drug-likeness (QED) is 0.149. The van der Waals surface area contributed by atoms with Crippen molar-refractivity contribution in [2.45, 2.75) is 24.7 Å². The van der Waals surface area contributed by atoms with Crippen LogP contribution in [-0.4, -0.2) is 14.5 Å². The van der Waals surface area contributed by atoms with E-state index in [2.05, 4.69) is 0 Å². The summed E-state index contributed by atoms with van der Waals surface area (Å²) in [6, 6.07) is 44.3. The van der Waals surface area contributed by atoms with E-state index in [1.807, 2.05) is 48.5 Å². The van der Waals surface area contributed by atoms with E-state index in [-0.39, 0.29) is 39.6 Å². The molecule has 0 spiro atoms.